The smallest absolute Gasteiger partial charge is 0.307 e. The van der Waals surface area contributed by atoms with E-state index in [1.54, 1.807) is 6.07 Å². The second kappa shape index (κ2) is 7.40. The lowest BCUT2D eigenvalue weighted by molar-refractivity contribution is -0.136. The van der Waals surface area contributed by atoms with Crippen LogP contribution in [0.1, 0.15) is 80.7 Å². The van der Waals surface area contributed by atoms with Gasteiger partial charge in [-0.05, 0) is 85.6 Å². The molecule has 0 aromatic heterocycles. The quantitative estimate of drug-likeness (QED) is 0.640. The highest BCUT2D eigenvalue weighted by Crippen LogP contribution is 2.52. The zero-order chi connectivity index (χ0) is 21.7. The largest absolute Gasteiger partial charge is 0.487 e. The molecule has 0 atom stereocenters. The number of halogens is 1. The van der Waals surface area contributed by atoms with Crippen LogP contribution in [0.25, 0.3) is 0 Å². The molecule has 0 bridgehead atoms. The molecule has 4 heteroatoms. The van der Waals surface area contributed by atoms with Gasteiger partial charge >= 0.3 is 5.97 Å². The topological polar surface area (TPSA) is 46.5 Å². The molecule has 3 nitrogen and oxygen atoms in total. The van der Waals surface area contributed by atoms with Crippen LogP contribution in [0.4, 0.5) is 4.39 Å². The SMILES string of the molecule is CC1(C)CC(C)(C)c2cc(CCc3ccc(CC(=O)O)c(F)c3)cc(C3CC3)c2O1. The summed E-state index contributed by atoms with van der Waals surface area (Å²) in [5, 5.41) is 8.88. The van der Waals surface area contributed by atoms with Crippen molar-refractivity contribution in [1.29, 1.82) is 0 Å². The van der Waals surface area contributed by atoms with E-state index in [1.165, 1.54) is 35.6 Å². The van der Waals surface area contributed by atoms with Crippen LogP contribution in [0.2, 0.25) is 0 Å². The summed E-state index contributed by atoms with van der Waals surface area (Å²) >= 11 is 0. The maximum Gasteiger partial charge on any atom is 0.307 e. The van der Waals surface area contributed by atoms with Gasteiger partial charge in [0.2, 0.25) is 0 Å². The average Bonchev–Trinajstić information content (AvgIpc) is 3.45. The Balaban J connectivity index is 1.59. The fraction of sp³-hybridized carbons (Fsp3) is 0.500. The highest BCUT2D eigenvalue weighted by atomic mass is 19.1. The van der Waals surface area contributed by atoms with E-state index in [-0.39, 0.29) is 23.0 Å². The van der Waals surface area contributed by atoms with Gasteiger partial charge in [0.05, 0.1) is 6.42 Å². The molecule has 0 unspecified atom stereocenters. The molecule has 2 aromatic carbocycles. The van der Waals surface area contributed by atoms with Crippen LogP contribution < -0.4 is 4.74 Å². The van der Waals surface area contributed by atoms with Crippen molar-refractivity contribution < 1.29 is 19.0 Å². The lowest BCUT2D eigenvalue weighted by Gasteiger charge is -2.43. The van der Waals surface area contributed by atoms with E-state index < -0.39 is 11.8 Å². The Hall–Kier alpha value is -2.36. The molecule has 1 heterocycles. The Kier molecular flexibility index (Phi) is 5.16. The Bertz CT molecular complexity index is 986. The number of rotatable bonds is 6. The van der Waals surface area contributed by atoms with E-state index in [0.29, 0.717) is 5.92 Å². The van der Waals surface area contributed by atoms with E-state index in [4.69, 9.17) is 9.84 Å². The van der Waals surface area contributed by atoms with Crippen LogP contribution in [-0.4, -0.2) is 16.7 Å². The van der Waals surface area contributed by atoms with Crippen LogP contribution in [0.15, 0.2) is 30.3 Å². The van der Waals surface area contributed by atoms with Crippen molar-refractivity contribution in [2.45, 2.75) is 83.2 Å². The van der Waals surface area contributed by atoms with Gasteiger partial charge in [0.1, 0.15) is 17.2 Å². The Morgan fingerprint density at radius 1 is 1.10 bits per heavy atom. The molecule has 1 N–H and O–H groups in total. The molecule has 0 saturated heterocycles. The molecule has 160 valence electrons. The molecular formula is C26H31FO3. The van der Waals surface area contributed by atoms with Crippen molar-refractivity contribution >= 4 is 5.97 Å². The zero-order valence-electron chi connectivity index (χ0n) is 18.3. The Labute approximate surface area is 178 Å². The number of fused-ring (bicyclic) bond motifs is 1. The third kappa shape index (κ3) is 4.38. The normalized spacial score (nSPS) is 19.1. The maximum absolute atomic E-state index is 14.2. The second-order valence-corrected chi connectivity index (χ2v) is 10.3. The summed E-state index contributed by atoms with van der Waals surface area (Å²) in [6.07, 6.45) is 4.67. The van der Waals surface area contributed by atoms with Crippen molar-refractivity contribution in [2.24, 2.45) is 0 Å². The van der Waals surface area contributed by atoms with Crippen molar-refractivity contribution in [2.75, 3.05) is 0 Å². The monoisotopic (exact) mass is 410 g/mol. The first kappa shape index (κ1) is 20.9. The molecule has 1 aliphatic carbocycles. The zero-order valence-corrected chi connectivity index (χ0v) is 18.3. The Morgan fingerprint density at radius 2 is 1.80 bits per heavy atom. The maximum atomic E-state index is 14.2. The number of aryl methyl sites for hydroxylation is 2. The molecule has 4 rings (SSSR count). The minimum absolute atomic E-state index is 0.0430. The number of hydrogen-bond acceptors (Lipinski definition) is 2. The molecule has 1 fully saturated rings. The molecule has 2 aliphatic rings. The van der Waals surface area contributed by atoms with Gasteiger partial charge in [-0.15, -0.1) is 0 Å². The summed E-state index contributed by atoms with van der Waals surface area (Å²) < 4.78 is 20.7. The summed E-state index contributed by atoms with van der Waals surface area (Å²) in [6, 6.07) is 9.50. The van der Waals surface area contributed by atoms with Crippen molar-refractivity contribution in [3.05, 3.63) is 64.0 Å². The predicted octanol–water partition coefficient (Wildman–Crippen LogP) is 5.95. The van der Waals surface area contributed by atoms with Gasteiger partial charge in [0, 0.05) is 5.56 Å². The third-order valence-corrected chi connectivity index (χ3v) is 6.33. The van der Waals surface area contributed by atoms with Crippen molar-refractivity contribution in [3.63, 3.8) is 0 Å². The Morgan fingerprint density at radius 3 is 2.43 bits per heavy atom. The van der Waals surface area contributed by atoms with Gasteiger partial charge in [-0.3, -0.25) is 4.79 Å². The third-order valence-electron chi connectivity index (χ3n) is 6.33. The highest BCUT2D eigenvalue weighted by Gasteiger charge is 2.42. The van der Waals surface area contributed by atoms with Gasteiger partial charge in [0.25, 0.3) is 0 Å². The minimum Gasteiger partial charge on any atom is -0.487 e. The first-order valence-electron chi connectivity index (χ1n) is 10.9. The number of aliphatic carboxylic acids is 1. The fourth-order valence-electron chi connectivity index (χ4n) is 4.99. The van der Waals surface area contributed by atoms with E-state index in [0.717, 1.165) is 30.6 Å². The number of carboxylic acids is 1. The van der Waals surface area contributed by atoms with Gasteiger partial charge in [-0.2, -0.15) is 0 Å². The van der Waals surface area contributed by atoms with Gasteiger partial charge < -0.3 is 9.84 Å². The lowest BCUT2D eigenvalue weighted by Crippen LogP contribution is -2.41. The molecule has 0 amide bonds. The minimum atomic E-state index is -1.02. The van der Waals surface area contributed by atoms with Gasteiger partial charge in [0.15, 0.2) is 0 Å². The van der Waals surface area contributed by atoms with E-state index in [2.05, 4.69) is 39.8 Å². The molecule has 1 aliphatic heterocycles. The molecular weight excluding hydrogens is 379 g/mol. The van der Waals surface area contributed by atoms with E-state index >= 15 is 0 Å². The van der Waals surface area contributed by atoms with E-state index in [9.17, 15) is 9.18 Å². The standard InChI is InChI=1S/C26H31FO3/c1-25(2)15-26(3,4)30-24-20(18-9-10-18)11-17(12-21(24)25)6-5-16-7-8-19(14-23(28)29)22(27)13-16/h7-8,11-13,18H,5-6,9-10,14-15H2,1-4H3,(H,28,29). The summed E-state index contributed by atoms with van der Waals surface area (Å²) in [7, 11) is 0. The number of hydrogen-bond donors (Lipinski definition) is 1. The van der Waals surface area contributed by atoms with Crippen LogP contribution in [-0.2, 0) is 29.5 Å². The summed E-state index contributed by atoms with van der Waals surface area (Å²) in [5.74, 6) is 0.231. The fourth-order valence-corrected chi connectivity index (χ4v) is 4.99. The summed E-state index contributed by atoms with van der Waals surface area (Å²) in [5.41, 5.74) is 4.90. The van der Waals surface area contributed by atoms with Crippen LogP contribution in [0.3, 0.4) is 0 Å². The van der Waals surface area contributed by atoms with E-state index in [1.807, 2.05) is 6.07 Å². The lowest BCUT2D eigenvalue weighted by atomic mass is 9.72. The predicted molar refractivity (Wildman–Crippen MR) is 116 cm³/mol. The molecule has 1 saturated carbocycles. The van der Waals surface area contributed by atoms with Gasteiger partial charge in [-0.1, -0.05) is 38.1 Å². The van der Waals surface area contributed by atoms with Gasteiger partial charge in [-0.25, -0.2) is 4.39 Å². The first-order chi connectivity index (χ1) is 14.0. The number of carbonyl (C=O) groups is 1. The first-order valence-corrected chi connectivity index (χ1v) is 10.9. The number of benzene rings is 2. The van der Waals surface area contributed by atoms with Crippen molar-refractivity contribution in [1.82, 2.24) is 0 Å². The molecule has 2 aromatic rings. The molecule has 0 radical (unpaired) electrons. The van der Waals surface area contributed by atoms with Crippen LogP contribution >= 0.6 is 0 Å². The van der Waals surface area contributed by atoms with Crippen molar-refractivity contribution in [3.8, 4) is 5.75 Å². The van der Waals surface area contributed by atoms with Crippen LogP contribution in [0.5, 0.6) is 5.75 Å². The molecule has 30 heavy (non-hydrogen) atoms. The highest BCUT2D eigenvalue weighted by molar-refractivity contribution is 5.70. The average molecular weight is 411 g/mol. The molecule has 0 spiro atoms. The summed E-state index contributed by atoms with van der Waals surface area (Å²) in [4.78, 5) is 10.8. The summed E-state index contributed by atoms with van der Waals surface area (Å²) in [6.45, 7) is 8.94. The number of ether oxygens (including phenoxy) is 1. The second-order valence-electron chi connectivity index (χ2n) is 10.3. The van der Waals surface area contributed by atoms with Crippen LogP contribution in [0, 0.1) is 5.82 Å². The number of carboxylic acid groups (broad SMARTS) is 1.